The molecule has 4 rings (SSSR count). The van der Waals surface area contributed by atoms with Gasteiger partial charge in [0.2, 0.25) is 5.88 Å². The van der Waals surface area contributed by atoms with E-state index >= 15 is 0 Å². The molecule has 3 aromatic rings. The summed E-state index contributed by atoms with van der Waals surface area (Å²) in [7, 11) is -1.35. The number of nitrogens with one attached hydrogen (secondary N) is 1. The van der Waals surface area contributed by atoms with Crippen molar-refractivity contribution in [3.8, 4) is 11.6 Å². The predicted molar refractivity (Wildman–Crippen MR) is 112 cm³/mol. The van der Waals surface area contributed by atoms with Crippen molar-refractivity contribution in [3.05, 3.63) is 65.6 Å². The zero-order valence-corrected chi connectivity index (χ0v) is 17.9. The van der Waals surface area contributed by atoms with E-state index in [9.17, 15) is 13.2 Å². The Morgan fingerprint density at radius 2 is 2.00 bits per heavy atom. The highest BCUT2D eigenvalue weighted by molar-refractivity contribution is 7.90. The third-order valence-corrected chi connectivity index (χ3v) is 6.36. The summed E-state index contributed by atoms with van der Waals surface area (Å²) in [6, 6.07) is 9.92. The Morgan fingerprint density at radius 3 is 2.65 bits per heavy atom. The predicted octanol–water partition coefficient (Wildman–Crippen LogP) is 2.34. The molecule has 0 radical (unpaired) electrons. The molecule has 0 saturated heterocycles. The van der Waals surface area contributed by atoms with Gasteiger partial charge in [-0.3, -0.25) is 9.48 Å². The molecule has 1 saturated carbocycles. The highest BCUT2D eigenvalue weighted by atomic mass is 32.2. The van der Waals surface area contributed by atoms with Gasteiger partial charge in [0.05, 0.1) is 20.8 Å². The molecule has 9 nitrogen and oxygen atoms in total. The highest BCUT2D eigenvalue weighted by Crippen LogP contribution is 2.42. The van der Waals surface area contributed by atoms with E-state index in [4.69, 9.17) is 9.47 Å². The molecule has 1 amide bonds. The Hall–Kier alpha value is -3.40. The standard InChI is InChI=1S/C21H22N4O5S/c1-29-18-9-7-15(14-4-5-14)12-19(18)31(27,28)24-20(26)17-8-6-16(21(23-17)30-2)13-25-11-3-10-22-25/h3,6-12,14H,4-5,13H2,1-2H3,(H,24,26). The zero-order chi connectivity index (χ0) is 22.0. The van der Waals surface area contributed by atoms with E-state index in [0.29, 0.717) is 18.0 Å². The van der Waals surface area contributed by atoms with Crippen LogP contribution in [0, 0.1) is 0 Å². The number of methoxy groups -OCH3 is 2. The summed E-state index contributed by atoms with van der Waals surface area (Å²) in [6.07, 6.45) is 5.48. The van der Waals surface area contributed by atoms with Crippen LogP contribution < -0.4 is 14.2 Å². The van der Waals surface area contributed by atoms with Crippen LogP contribution >= 0.6 is 0 Å². The van der Waals surface area contributed by atoms with Gasteiger partial charge in [0, 0.05) is 18.0 Å². The van der Waals surface area contributed by atoms with Gasteiger partial charge in [-0.15, -0.1) is 0 Å². The van der Waals surface area contributed by atoms with Crippen LogP contribution in [0.5, 0.6) is 11.6 Å². The summed E-state index contributed by atoms with van der Waals surface area (Å²) in [5.41, 5.74) is 1.53. The van der Waals surface area contributed by atoms with E-state index in [1.807, 2.05) is 6.07 Å². The maximum Gasteiger partial charge on any atom is 0.283 e. The molecule has 1 aliphatic carbocycles. The first kappa shape index (κ1) is 20.9. The third-order valence-electron chi connectivity index (χ3n) is 5.01. The number of pyridine rings is 1. The lowest BCUT2D eigenvalue weighted by atomic mass is 10.1. The van der Waals surface area contributed by atoms with E-state index in [1.54, 1.807) is 41.3 Å². The number of aromatic nitrogens is 3. The molecule has 1 aliphatic rings. The van der Waals surface area contributed by atoms with Crippen molar-refractivity contribution >= 4 is 15.9 Å². The third kappa shape index (κ3) is 4.53. The smallest absolute Gasteiger partial charge is 0.283 e. The Labute approximate surface area is 180 Å². The lowest BCUT2D eigenvalue weighted by Gasteiger charge is -2.13. The van der Waals surface area contributed by atoms with Crippen LogP contribution in [0.1, 0.15) is 40.4 Å². The van der Waals surface area contributed by atoms with Gasteiger partial charge in [-0.2, -0.15) is 5.10 Å². The molecule has 1 aromatic carbocycles. The molecule has 1 N–H and O–H groups in total. The molecule has 0 unspecified atom stereocenters. The first-order valence-corrected chi connectivity index (χ1v) is 11.2. The average molecular weight is 442 g/mol. The molecule has 0 spiro atoms. The molecule has 1 fully saturated rings. The first-order valence-electron chi connectivity index (χ1n) is 9.67. The number of ether oxygens (including phenoxy) is 2. The quantitative estimate of drug-likeness (QED) is 0.570. The van der Waals surface area contributed by atoms with E-state index in [1.165, 1.54) is 20.3 Å². The topological polar surface area (TPSA) is 112 Å². The minimum Gasteiger partial charge on any atom is -0.495 e. The van der Waals surface area contributed by atoms with Crippen LogP contribution in [0.15, 0.2) is 53.7 Å². The normalized spacial score (nSPS) is 13.6. The molecule has 2 aromatic heterocycles. The Morgan fingerprint density at radius 1 is 1.19 bits per heavy atom. The zero-order valence-electron chi connectivity index (χ0n) is 17.1. The van der Waals surface area contributed by atoms with Crippen molar-refractivity contribution < 1.29 is 22.7 Å². The van der Waals surface area contributed by atoms with Crippen LogP contribution in [0.3, 0.4) is 0 Å². The van der Waals surface area contributed by atoms with Gasteiger partial charge >= 0.3 is 0 Å². The lowest BCUT2D eigenvalue weighted by molar-refractivity contribution is 0.0975. The molecular weight excluding hydrogens is 420 g/mol. The van der Waals surface area contributed by atoms with Gasteiger partial charge in [0.1, 0.15) is 16.3 Å². The number of benzene rings is 1. The van der Waals surface area contributed by atoms with Crippen LogP contribution in [-0.4, -0.2) is 43.3 Å². The number of sulfonamides is 1. The molecule has 0 aliphatic heterocycles. The maximum atomic E-state index is 12.9. The summed E-state index contributed by atoms with van der Waals surface area (Å²) in [5.74, 6) is -0.120. The van der Waals surface area contributed by atoms with Gasteiger partial charge < -0.3 is 9.47 Å². The van der Waals surface area contributed by atoms with Crippen molar-refractivity contribution in [3.63, 3.8) is 0 Å². The van der Waals surface area contributed by atoms with E-state index in [0.717, 1.165) is 18.4 Å². The fourth-order valence-corrected chi connectivity index (χ4v) is 4.43. The summed E-state index contributed by atoms with van der Waals surface area (Å²) in [4.78, 5) is 16.8. The second kappa shape index (κ2) is 8.38. The van der Waals surface area contributed by atoms with E-state index in [-0.39, 0.29) is 22.2 Å². The highest BCUT2D eigenvalue weighted by Gasteiger charge is 2.29. The van der Waals surface area contributed by atoms with Crippen LogP contribution in [0.25, 0.3) is 0 Å². The molecule has 0 atom stereocenters. The van der Waals surface area contributed by atoms with Crippen molar-refractivity contribution in [2.45, 2.75) is 30.2 Å². The fraction of sp³-hybridized carbons (Fsp3) is 0.286. The minimum atomic E-state index is -4.17. The second-order valence-electron chi connectivity index (χ2n) is 7.19. The summed E-state index contributed by atoms with van der Waals surface area (Å²) in [6.45, 7) is 0.397. The minimum absolute atomic E-state index is 0.0741. The van der Waals surface area contributed by atoms with Crippen molar-refractivity contribution in [1.82, 2.24) is 19.5 Å². The monoisotopic (exact) mass is 442 g/mol. The van der Waals surface area contributed by atoms with Crippen LogP contribution in [-0.2, 0) is 16.6 Å². The number of amides is 1. The van der Waals surface area contributed by atoms with Crippen molar-refractivity contribution in [2.24, 2.45) is 0 Å². The Balaban J connectivity index is 1.58. The second-order valence-corrected chi connectivity index (χ2v) is 8.84. The number of carbonyl (C=O) groups excluding carboxylic acids is 1. The summed E-state index contributed by atoms with van der Waals surface area (Å²) in [5, 5.41) is 4.13. The van der Waals surface area contributed by atoms with Crippen LogP contribution in [0.2, 0.25) is 0 Å². The Bertz CT molecular complexity index is 1200. The van der Waals surface area contributed by atoms with Gasteiger partial charge in [-0.25, -0.2) is 18.1 Å². The number of carbonyl (C=O) groups is 1. The SMILES string of the molecule is COc1ccc(C2CC2)cc1S(=O)(=O)NC(=O)c1ccc(Cn2cccn2)c(OC)n1. The number of hydrogen-bond donors (Lipinski definition) is 1. The largest absolute Gasteiger partial charge is 0.495 e. The Kier molecular flexibility index (Phi) is 5.64. The van der Waals surface area contributed by atoms with E-state index in [2.05, 4.69) is 14.8 Å². The molecule has 31 heavy (non-hydrogen) atoms. The first-order chi connectivity index (χ1) is 14.9. The average Bonchev–Trinajstić information content (AvgIpc) is 3.50. The van der Waals surface area contributed by atoms with Gasteiger partial charge in [0.25, 0.3) is 15.9 Å². The summed E-state index contributed by atoms with van der Waals surface area (Å²) >= 11 is 0. The van der Waals surface area contributed by atoms with Crippen molar-refractivity contribution in [2.75, 3.05) is 14.2 Å². The fourth-order valence-electron chi connectivity index (χ4n) is 3.26. The van der Waals surface area contributed by atoms with Crippen molar-refractivity contribution in [1.29, 1.82) is 0 Å². The van der Waals surface area contributed by atoms with Gasteiger partial charge in [0.15, 0.2) is 0 Å². The van der Waals surface area contributed by atoms with E-state index < -0.39 is 15.9 Å². The molecule has 0 bridgehead atoms. The molecule has 2 heterocycles. The molecule has 162 valence electrons. The van der Waals surface area contributed by atoms with Crippen LogP contribution in [0.4, 0.5) is 0 Å². The number of nitrogens with zero attached hydrogens (tertiary/aromatic N) is 3. The van der Waals surface area contributed by atoms with Gasteiger partial charge in [-0.1, -0.05) is 6.07 Å². The summed E-state index contributed by atoms with van der Waals surface area (Å²) < 4.78 is 40.1. The molecular formula is C21H22N4O5S. The molecule has 10 heteroatoms. The number of hydrogen-bond acceptors (Lipinski definition) is 7. The number of rotatable bonds is 8. The maximum absolute atomic E-state index is 12.9. The van der Waals surface area contributed by atoms with Gasteiger partial charge in [-0.05, 0) is 54.7 Å². The lowest BCUT2D eigenvalue weighted by Crippen LogP contribution is -2.31.